The van der Waals surface area contributed by atoms with E-state index < -0.39 is 0 Å². The fourth-order valence-electron chi connectivity index (χ4n) is 4.58. The molecule has 2 atom stereocenters. The number of amides is 2. The molecule has 0 bridgehead atoms. The van der Waals surface area contributed by atoms with Crippen molar-refractivity contribution >= 4 is 23.2 Å². The van der Waals surface area contributed by atoms with Gasteiger partial charge in [0.15, 0.2) is 11.5 Å². The molecule has 9 heteroatoms. The van der Waals surface area contributed by atoms with Crippen molar-refractivity contribution in [3.63, 3.8) is 0 Å². The molecule has 0 spiro atoms. The van der Waals surface area contributed by atoms with E-state index in [1.807, 2.05) is 12.1 Å². The van der Waals surface area contributed by atoms with Crippen LogP contribution in [-0.4, -0.2) is 35.7 Å². The van der Waals surface area contributed by atoms with Crippen molar-refractivity contribution in [1.29, 1.82) is 0 Å². The zero-order chi connectivity index (χ0) is 25.8. The van der Waals surface area contributed by atoms with E-state index in [-0.39, 0.29) is 30.7 Å². The first-order chi connectivity index (χ1) is 18.0. The van der Waals surface area contributed by atoms with Crippen LogP contribution >= 0.6 is 11.3 Å². The third kappa shape index (κ3) is 6.05. The van der Waals surface area contributed by atoms with Crippen LogP contribution in [0.5, 0.6) is 17.2 Å². The number of ether oxygens (including phenoxy) is 3. The summed E-state index contributed by atoms with van der Waals surface area (Å²) >= 11 is 1.40. The summed E-state index contributed by atoms with van der Waals surface area (Å²) in [5, 5.41) is 8.67. The van der Waals surface area contributed by atoms with Gasteiger partial charge in [-0.1, -0.05) is 38.8 Å². The number of thiazole rings is 1. The average Bonchev–Trinajstić information content (AvgIpc) is 3.58. The highest BCUT2D eigenvalue weighted by molar-refractivity contribution is 7.09. The highest BCUT2D eigenvalue weighted by atomic mass is 32.1. The molecule has 0 radical (unpaired) electrons. The Labute approximate surface area is 220 Å². The molecule has 2 unspecified atom stereocenters. The summed E-state index contributed by atoms with van der Waals surface area (Å²) in [5.41, 5.74) is 2.13. The third-order valence-corrected chi connectivity index (χ3v) is 7.55. The normalized spacial score (nSPS) is 18.5. The lowest BCUT2D eigenvalue weighted by molar-refractivity contribution is 0.0860. The topological polar surface area (TPSA) is 98.8 Å². The van der Waals surface area contributed by atoms with Gasteiger partial charge in [-0.3, -0.25) is 9.59 Å². The van der Waals surface area contributed by atoms with E-state index in [9.17, 15) is 9.59 Å². The van der Waals surface area contributed by atoms with Crippen LogP contribution in [0.2, 0.25) is 0 Å². The number of benzene rings is 2. The zero-order valence-corrected chi connectivity index (χ0v) is 21.8. The Bertz CT molecular complexity index is 1260. The van der Waals surface area contributed by atoms with Crippen molar-refractivity contribution in [2.24, 2.45) is 0 Å². The highest BCUT2D eigenvalue weighted by Gasteiger charge is 2.29. The Morgan fingerprint density at radius 3 is 2.43 bits per heavy atom. The first-order valence-electron chi connectivity index (χ1n) is 12.6. The summed E-state index contributed by atoms with van der Waals surface area (Å²) in [4.78, 5) is 30.4. The second kappa shape index (κ2) is 11.2. The van der Waals surface area contributed by atoms with Crippen molar-refractivity contribution in [3.8, 4) is 17.2 Å². The third-order valence-electron chi connectivity index (χ3n) is 6.73. The van der Waals surface area contributed by atoms with Crippen molar-refractivity contribution < 1.29 is 23.8 Å². The molecule has 2 N–H and O–H groups in total. The van der Waals surface area contributed by atoms with Gasteiger partial charge in [-0.2, -0.15) is 0 Å². The van der Waals surface area contributed by atoms with Gasteiger partial charge in [0.2, 0.25) is 6.79 Å². The molecule has 8 nitrogen and oxygen atoms in total. The molecule has 1 fully saturated rings. The van der Waals surface area contributed by atoms with Crippen molar-refractivity contribution in [1.82, 2.24) is 15.6 Å². The molecule has 3 aromatic rings. The van der Waals surface area contributed by atoms with Crippen LogP contribution in [0.1, 0.15) is 76.9 Å². The molecule has 194 valence electrons. The van der Waals surface area contributed by atoms with Crippen molar-refractivity contribution in [3.05, 3.63) is 69.7 Å². The molecule has 1 aliphatic heterocycles. The molecule has 2 heterocycles. The maximum atomic E-state index is 13.0. The number of fused-ring (bicyclic) bond motifs is 1. The number of aromatic nitrogens is 1. The van der Waals surface area contributed by atoms with Gasteiger partial charge in [0.25, 0.3) is 11.8 Å². The standard InChI is InChI=1S/C28H31N3O5S/c1-17(2)18-7-10-20(11-8-18)34-14-26-29-23(15-37-26)28(33)31-22-6-4-3-5-21(22)30-27(32)19-9-12-24-25(13-19)36-16-35-24/h7-13,15,17,21-22H,3-6,14,16H2,1-2H3,(H,30,32)(H,31,33). The average molecular weight is 522 g/mol. The predicted octanol–water partition coefficient (Wildman–Crippen LogP) is 5.05. The zero-order valence-electron chi connectivity index (χ0n) is 21.0. The minimum absolute atomic E-state index is 0.160. The minimum Gasteiger partial charge on any atom is -0.486 e. The van der Waals surface area contributed by atoms with Gasteiger partial charge in [-0.05, 0) is 54.7 Å². The maximum Gasteiger partial charge on any atom is 0.271 e. The fourth-order valence-corrected chi connectivity index (χ4v) is 5.27. The second-order valence-corrected chi connectivity index (χ2v) is 10.6. The van der Waals surface area contributed by atoms with Crippen LogP contribution < -0.4 is 24.8 Å². The van der Waals surface area contributed by atoms with Crippen LogP contribution in [0.3, 0.4) is 0 Å². The van der Waals surface area contributed by atoms with E-state index in [1.165, 1.54) is 16.9 Å². The summed E-state index contributed by atoms with van der Waals surface area (Å²) in [6, 6.07) is 12.9. The summed E-state index contributed by atoms with van der Waals surface area (Å²) in [7, 11) is 0. The summed E-state index contributed by atoms with van der Waals surface area (Å²) in [6.45, 7) is 4.77. The van der Waals surface area contributed by atoms with Gasteiger partial charge in [-0.15, -0.1) is 11.3 Å². The lowest BCUT2D eigenvalue weighted by Gasteiger charge is -2.32. The quantitative estimate of drug-likeness (QED) is 0.431. The minimum atomic E-state index is -0.238. The maximum absolute atomic E-state index is 13.0. The van der Waals surface area contributed by atoms with Crippen LogP contribution in [0.15, 0.2) is 47.8 Å². The van der Waals surface area contributed by atoms with Gasteiger partial charge < -0.3 is 24.8 Å². The highest BCUT2D eigenvalue weighted by Crippen LogP contribution is 2.32. The molecule has 2 amide bonds. The SMILES string of the molecule is CC(C)c1ccc(OCc2nc(C(=O)NC3CCCCC3NC(=O)c3ccc4c(c3)OCO4)cs2)cc1. The Hall–Kier alpha value is -3.59. The van der Waals surface area contributed by atoms with Crippen LogP contribution in [0.25, 0.3) is 0 Å². The van der Waals surface area contributed by atoms with E-state index in [0.29, 0.717) is 35.3 Å². The second-order valence-electron chi connectivity index (χ2n) is 9.65. The van der Waals surface area contributed by atoms with Crippen LogP contribution in [0, 0.1) is 0 Å². The monoisotopic (exact) mass is 521 g/mol. The molecule has 1 aromatic heterocycles. The van der Waals surface area contributed by atoms with Gasteiger partial charge in [0, 0.05) is 23.0 Å². The Kier molecular flexibility index (Phi) is 7.60. The number of carbonyl (C=O) groups excluding carboxylic acids is 2. The van der Waals surface area contributed by atoms with Gasteiger partial charge in [-0.25, -0.2) is 4.98 Å². The number of rotatable bonds is 8. The smallest absolute Gasteiger partial charge is 0.271 e. The molecule has 5 rings (SSSR count). The lowest BCUT2D eigenvalue weighted by Crippen LogP contribution is -2.53. The first kappa shape index (κ1) is 25.1. The largest absolute Gasteiger partial charge is 0.486 e. The van der Waals surface area contributed by atoms with Gasteiger partial charge in [0.1, 0.15) is 23.1 Å². The number of nitrogens with one attached hydrogen (secondary N) is 2. The van der Waals surface area contributed by atoms with E-state index in [0.717, 1.165) is 36.4 Å². The molecule has 37 heavy (non-hydrogen) atoms. The Balaban J connectivity index is 1.16. The molecule has 0 saturated heterocycles. The molecule has 2 aromatic carbocycles. The molecule has 2 aliphatic rings. The first-order valence-corrected chi connectivity index (χ1v) is 13.5. The number of nitrogens with zero attached hydrogens (tertiary/aromatic N) is 1. The fraction of sp³-hybridized carbons (Fsp3) is 0.393. The van der Waals surface area contributed by atoms with Gasteiger partial charge in [0.05, 0.1) is 0 Å². The summed E-state index contributed by atoms with van der Waals surface area (Å²) in [5.74, 6) is 2.01. The van der Waals surface area contributed by atoms with E-state index in [1.54, 1.807) is 23.6 Å². The predicted molar refractivity (Wildman–Crippen MR) is 141 cm³/mol. The number of hydrogen-bond acceptors (Lipinski definition) is 7. The van der Waals surface area contributed by atoms with Crippen LogP contribution in [-0.2, 0) is 6.61 Å². The number of hydrogen-bond donors (Lipinski definition) is 2. The molecule has 1 aliphatic carbocycles. The van der Waals surface area contributed by atoms with Gasteiger partial charge >= 0.3 is 0 Å². The molecular weight excluding hydrogens is 490 g/mol. The Morgan fingerprint density at radius 1 is 1.00 bits per heavy atom. The van der Waals surface area contributed by atoms with E-state index >= 15 is 0 Å². The van der Waals surface area contributed by atoms with E-state index in [2.05, 4.69) is 41.6 Å². The Morgan fingerprint density at radius 2 is 1.70 bits per heavy atom. The summed E-state index contributed by atoms with van der Waals surface area (Å²) in [6.07, 6.45) is 3.58. The lowest BCUT2D eigenvalue weighted by atomic mass is 9.90. The number of carbonyl (C=O) groups is 2. The van der Waals surface area contributed by atoms with Crippen molar-refractivity contribution in [2.45, 2.75) is 64.1 Å². The van der Waals surface area contributed by atoms with Crippen LogP contribution in [0.4, 0.5) is 0 Å². The van der Waals surface area contributed by atoms with E-state index in [4.69, 9.17) is 14.2 Å². The summed E-state index contributed by atoms with van der Waals surface area (Å²) < 4.78 is 16.6. The van der Waals surface area contributed by atoms with Crippen molar-refractivity contribution in [2.75, 3.05) is 6.79 Å². The molecular formula is C28H31N3O5S. The molecule has 1 saturated carbocycles.